The van der Waals surface area contributed by atoms with Gasteiger partial charge in [0, 0.05) is 30.8 Å². The number of non-ortho nitro benzene ring substituents is 1. The topological polar surface area (TPSA) is 102 Å². The molecule has 8 heteroatoms. The number of nitro groups is 1. The molecule has 1 aliphatic heterocycles. The zero-order valence-corrected chi connectivity index (χ0v) is 15.9. The molecular formula is C20H21N3O5. The van der Waals surface area contributed by atoms with Crippen LogP contribution < -0.4 is 15.0 Å². The molecule has 0 aliphatic carbocycles. The molecule has 1 aliphatic rings. The van der Waals surface area contributed by atoms with Gasteiger partial charge in [-0.25, -0.2) is 0 Å². The third-order valence-electron chi connectivity index (χ3n) is 4.79. The number of benzene rings is 2. The van der Waals surface area contributed by atoms with E-state index in [1.165, 1.54) is 25.3 Å². The van der Waals surface area contributed by atoms with Crippen molar-refractivity contribution in [1.82, 2.24) is 0 Å². The van der Waals surface area contributed by atoms with Crippen molar-refractivity contribution < 1.29 is 19.2 Å². The van der Waals surface area contributed by atoms with Gasteiger partial charge in [0.15, 0.2) is 0 Å². The number of carbonyl (C=O) groups is 2. The second kappa shape index (κ2) is 7.67. The highest BCUT2D eigenvalue weighted by Crippen LogP contribution is 2.32. The molecule has 0 spiro atoms. The predicted octanol–water partition coefficient (Wildman–Crippen LogP) is 3.21. The van der Waals surface area contributed by atoms with Gasteiger partial charge in [-0.2, -0.15) is 0 Å². The molecule has 8 nitrogen and oxygen atoms in total. The number of nitro benzene ring substituents is 1. The van der Waals surface area contributed by atoms with E-state index in [4.69, 9.17) is 4.74 Å². The van der Waals surface area contributed by atoms with Crippen LogP contribution in [0.2, 0.25) is 0 Å². The lowest BCUT2D eigenvalue weighted by Crippen LogP contribution is -2.28. The molecule has 0 bridgehead atoms. The van der Waals surface area contributed by atoms with E-state index in [2.05, 4.69) is 5.32 Å². The monoisotopic (exact) mass is 383 g/mol. The van der Waals surface area contributed by atoms with Gasteiger partial charge in [0.25, 0.3) is 5.69 Å². The molecular weight excluding hydrogens is 362 g/mol. The molecule has 1 saturated heterocycles. The predicted molar refractivity (Wildman–Crippen MR) is 105 cm³/mol. The Morgan fingerprint density at radius 1 is 1.25 bits per heavy atom. The molecule has 1 fully saturated rings. The SMILES string of the molecule is COc1ccc([N+](=O)[O-])cc1NC(=O)C1CC(=O)N(c2ccc(C)cc2C)C1. The average molecular weight is 383 g/mol. The molecule has 1 N–H and O–H groups in total. The van der Waals surface area contributed by atoms with Gasteiger partial charge in [0.05, 0.1) is 23.6 Å². The van der Waals surface area contributed by atoms with Crippen molar-refractivity contribution in [3.8, 4) is 5.75 Å². The second-order valence-corrected chi connectivity index (χ2v) is 6.83. The molecule has 0 aromatic heterocycles. The number of ether oxygens (including phenoxy) is 1. The van der Waals surface area contributed by atoms with Gasteiger partial charge in [0.1, 0.15) is 5.75 Å². The lowest BCUT2D eigenvalue weighted by atomic mass is 10.1. The fraction of sp³-hybridized carbons (Fsp3) is 0.300. The molecule has 0 radical (unpaired) electrons. The molecule has 1 heterocycles. The number of nitrogens with zero attached hydrogens (tertiary/aromatic N) is 2. The average Bonchev–Trinajstić information content (AvgIpc) is 3.03. The summed E-state index contributed by atoms with van der Waals surface area (Å²) >= 11 is 0. The highest BCUT2D eigenvalue weighted by Gasteiger charge is 2.36. The van der Waals surface area contributed by atoms with E-state index in [9.17, 15) is 19.7 Å². The van der Waals surface area contributed by atoms with Crippen molar-refractivity contribution in [2.45, 2.75) is 20.3 Å². The Hall–Kier alpha value is -3.42. The van der Waals surface area contributed by atoms with Gasteiger partial charge >= 0.3 is 0 Å². The fourth-order valence-electron chi connectivity index (χ4n) is 3.37. The van der Waals surface area contributed by atoms with Gasteiger partial charge in [-0.05, 0) is 31.5 Å². The fourth-order valence-corrected chi connectivity index (χ4v) is 3.37. The molecule has 146 valence electrons. The Bertz CT molecular complexity index is 957. The van der Waals surface area contributed by atoms with Crippen LogP contribution in [0.4, 0.5) is 17.1 Å². The number of hydrogen-bond acceptors (Lipinski definition) is 5. The lowest BCUT2D eigenvalue weighted by molar-refractivity contribution is -0.384. The van der Waals surface area contributed by atoms with Gasteiger partial charge in [-0.3, -0.25) is 19.7 Å². The molecule has 2 amide bonds. The summed E-state index contributed by atoms with van der Waals surface area (Å²) in [5.41, 5.74) is 2.91. The minimum Gasteiger partial charge on any atom is -0.495 e. The van der Waals surface area contributed by atoms with Crippen molar-refractivity contribution in [1.29, 1.82) is 0 Å². The second-order valence-electron chi connectivity index (χ2n) is 6.83. The first-order valence-electron chi connectivity index (χ1n) is 8.81. The number of hydrogen-bond donors (Lipinski definition) is 1. The summed E-state index contributed by atoms with van der Waals surface area (Å²) in [6.07, 6.45) is 0.0798. The summed E-state index contributed by atoms with van der Waals surface area (Å²) in [5.74, 6) is -0.746. The maximum absolute atomic E-state index is 12.7. The quantitative estimate of drug-likeness (QED) is 0.631. The van der Waals surface area contributed by atoms with Crippen molar-refractivity contribution in [2.24, 2.45) is 5.92 Å². The summed E-state index contributed by atoms with van der Waals surface area (Å²) in [5, 5.41) is 13.7. The van der Waals surface area contributed by atoms with E-state index >= 15 is 0 Å². The maximum atomic E-state index is 12.7. The summed E-state index contributed by atoms with van der Waals surface area (Å²) in [6, 6.07) is 9.77. The van der Waals surface area contributed by atoms with Crippen LogP contribution in [0, 0.1) is 29.9 Å². The molecule has 2 aromatic rings. The number of carbonyl (C=O) groups excluding carboxylic acids is 2. The first-order chi connectivity index (χ1) is 13.3. The van der Waals surface area contributed by atoms with Crippen LogP contribution in [0.1, 0.15) is 17.5 Å². The molecule has 3 rings (SSSR count). The Morgan fingerprint density at radius 3 is 2.64 bits per heavy atom. The first-order valence-corrected chi connectivity index (χ1v) is 8.81. The van der Waals surface area contributed by atoms with E-state index in [0.717, 1.165) is 16.8 Å². The van der Waals surface area contributed by atoms with Crippen LogP contribution >= 0.6 is 0 Å². The molecule has 1 atom stereocenters. The zero-order valence-electron chi connectivity index (χ0n) is 15.9. The zero-order chi connectivity index (χ0) is 20.4. The minimum atomic E-state index is -0.558. The van der Waals surface area contributed by atoms with Crippen molar-refractivity contribution in [3.05, 3.63) is 57.6 Å². The Kier molecular flexibility index (Phi) is 5.30. The molecule has 28 heavy (non-hydrogen) atoms. The van der Waals surface area contributed by atoms with Gasteiger partial charge in [0.2, 0.25) is 11.8 Å². The Balaban J connectivity index is 1.78. The number of methoxy groups -OCH3 is 1. The minimum absolute atomic E-state index is 0.0798. The van der Waals surface area contributed by atoms with Crippen molar-refractivity contribution >= 4 is 28.9 Å². The summed E-state index contributed by atoms with van der Waals surface area (Å²) in [4.78, 5) is 37.3. The molecule has 1 unspecified atom stereocenters. The number of anilines is 2. The number of rotatable bonds is 5. The summed E-state index contributed by atoms with van der Waals surface area (Å²) < 4.78 is 5.17. The smallest absolute Gasteiger partial charge is 0.271 e. The highest BCUT2D eigenvalue weighted by atomic mass is 16.6. The van der Waals surface area contributed by atoms with Gasteiger partial charge < -0.3 is 15.0 Å². The van der Waals surface area contributed by atoms with Crippen LogP contribution in [0.15, 0.2) is 36.4 Å². The standard InChI is InChI=1S/C20H21N3O5/c1-12-4-6-17(13(2)8-12)22-11-14(9-19(22)24)20(25)21-16-10-15(23(26)27)5-7-18(16)28-3/h4-8,10,14H,9,11H2,1-3H3,(H,21,25). The third-order valence-corrected chi connectivity index (χ3v) is 4.79. The van der Waals surface area contributed by atoms with Crippen LogP contribution in [0.25, 0.3) is 0 Å². The maximum Gasteiger partial charge on any atom is 0.271 e. The summed E-state index contributed by atoms with van der Waals surface area (Å²) in [6.45, 7) is 4.16. The van der Waals surface area contributed by atoms with Crippen LogP contribution in [0.5, 0.6) is 5.75 Å². The van der Waals surface area contributed by atoms with E-state index in [1.807, 2.05) is 32.0 Å². The number of nitrogens with one attached hydrogen (secondary N) is 1. The Morgan fingerprint density at radius 2 is 2.00 bits per heavy atom. The lowest BCUT2D eigenvalue weighted by Gasteiger charge is -2.19. The normalized spacial score (nSPS) is 16.2. The van der Waals surface area contributed by atoms with Crippen molar-refractivity contribution in [2.75, 3.05) is 23.9 Å². The third kappa shape index (κ3) is 3.80. The number of aryl methyl sites for hydroxylation is 2. The highest BCUT2D eigenvalue weighted by molar-refractivity contribution is 6.04. The Labute approximate surface area is 162 Å². The molecule has 2 aromatic carbocycles. The largest absolute Gasteiger partial charge is 0.495 e. The van der Waals surface area contributed by atoms with Crippen LogP contribution in [-0.2, 0) is 9.59 Å². The van der Waals surface area contributed by atoms with E-state index in [1.54, 1.807) is 4.90 Å². The van der Waals surface area contributed by atoms with E-state index < -0.39 is 10.8 Å². The van der Waals surface area contributed by atoms with Gasteiger partial charge in [-0.1, -0.05) is 17.7 Å². The van der Waals surface area contributed by atoms with Crippen LogP contribution in [-0.4, -0.2) is 30.4 Å². The van der Waals surface area contributed by atoms with Crippen LogP contribution in [0.3, 0.4) is 0 Å². The van der Waals surface area contributed by atoms with E-state index in [-0.39, 0.29) is 36.2 Å². The first kappa shape index (κ1) is 19.3. The summed E-state index contributed by atoms with van der Waals surface area (Å²) in [7, 11) is 1.41. The molecule has 0 saturated carbocycles. The van der Waals surface area contributed by atoms with Crippen molar-refractivity contribution in [3.63, 3.8) is 0 Å². The van der Waals surface area contributed by atoms with Gasteiger partial charge in [-0.15, -0.1) is 0 Å². The number of amides is 2. The van der Waals surface area contributed by atoms with E-state index in [0.29, 0.717) is 5.75 Å².